The Bertz CT molecular complexity index is 395. The minimum absolute atomic E-state index is 0.0213. The number of ether oxygens (including phenoxy) is 1. The summed E-state index contributed by atoms with van der Waals surface area (Å²) in [4.78, 5) is 0. The van der Waals surface area contributed by atoms with Crippen LogP contribution in [-0.4, -0.2) is 29.0 Å². The van der Waals surface area contributed by atoms with Crippen LogP contribution >= 0.6 is 0 Å². The van der Waals surface area contributed by atoms with E-state index in [4.69, 9.17) is 10.5 Å². The van der Waals surface area contributed by atoms with Gasteiger partial charge in [0.05, 0.1) is 12.7 Å². The van der Waals surface area contributed by atoms with E-state index < -0.39 is 6.10 Å². The molecule has 1 aromatic carbocycles. The Balaban J connectivity index is 2.82. The van der Waals surface area contributed by atoms with Gasteiger partial charge in [-0.3, -0.25) is 0 Å². The summed E-state index contributed by atoms with van der Waals surface area (Å²) in [5.74, 6) is 0.670. The number of benzene rings is 1. The van der Waals surface area contributed by atoms with Crippen molar-refractivity contribution in [2.75, 3.05) is 6.61 Å². The Kier molecular flexibility index (Phi) is 6.12. The van der Waals surface area contributed by atoms with E-state index in [0.29, 0.717) is 18.8 Å². The van der Waals surface area contributed by atoms with Crippen LogP contribution in [-0.2, 0) is 0 Å². The van der Waals surface area contributed by atoms with Crippen LogP contribution < -0.4 is 10.5 Å². The van der Waals surface area contributed by atoms with Gasteiger partial charge in [0.15, 0.2) is 11.5 Å². The standard InChI is InChI=1S/C15H25NO3/c1-4-12(16)13(17)9-10(3)11-7-6-8-14(15(11)18)19-5-2/h6-8,10,12-13,17-18H,4-5,9,16H2,1-3H3. The summed E-state index contributed by atoms with van der Waals surface area (Å²) >= 11 is 0. The highest BCUT2D eigenvalue weighted by Crippen LogP contribution is 2.36. The Morgan fingerprint density at radius 3 is 2.58 bits per heavy atom. The maximum absolute atomic E-state index is 10.2. The molecule has 0 fully saturated rings. The van der Waals surface area contributed by atoms with Crippen molar-refractivity contribution in [1.82, 2.24) is 0 Å². The van der Waals surface area contributed by atoms with E-state index >= 15 is 0 Å². The molecule has 0 bridgehead atoms. The summed E-state index contributed by atoms with van der Waals surface area (Å²) in [7, 11) is 0. The zero-order valence-corrected chi connectivity index (χ0v) is 12.0. The van der Waals surface area contributed by atoms with Crippen molar-refractivity contribution in [3.05, 3.63) is 23.8 Å². The van der Waals surface area contributed by atoms with Gasteiger partial charge in [-0.05, 0) is 31.7 Å². The highest BCUT2D eigenvalue weighted by Gasteiger charge is 2.20. The second kappa shape index (κ2) is 7.36. The molecule has 0 aromatic heterocycles. The van der Waals surface area contributed by atoms with Gasteiger partial charge in [0.1, 0.15) is 0 Å². The van der Waals surface area contributed by atoms with Crippen LogP contribution in [0.25, 0.3) is 0 Å². The molecule has 108 valence electrons. The molecule has 0 saturated heterocycles. The molecule has 0 aliphatic rings. The second-order valence-electron chi connectivity index (χ2n) is 4.90. The van der Waals surface area contributed by atoms with Gasteiger partial charge >= 0.3 is 0 Å². The zero-order chi connectivity index (χ0) is 14.4. The van der Waals surface area contributed by atoms with Gasteiger partial charge in [-0.2, -0.15) is 0 Å². The smallest absolute Gasteiger partial charge is 0.161 e. The third kappa shape index (κ3) is 4.11. The van der Waals surface area contributed by atoms with Crippen LogP contribution in [0.3, 0.4) is 0 Å². The number of aliphatic hydroxyl groups excluding tert-OH is 1. The fraction of sp³-hybridized carbons (Fsp3) is 0.600. The number of rotatable bonds is 7. The predicted molar refractivity (Wildman–Crippen MR) is 76.6 cm³/mol. The summed E-state index contributed by atoms with van der Waals surface area (Å²) in [5, 5.41) is 20.1. The zero-order valence-electron chi connectivity index (χ0n) is 12.0. The van der Waals surface area contributed by atoms with Crippen molar-refractivity contribution in [2.45, 2.75) is 51.7 Å². The molecule has 0 aliphatic carbocycles. The molecule has 0 heterocycles. The van der Waals surface area contributed by atoms with Crippen molar-refractivity contribution in [3.8, 4) is 11.5 Å². The van der Waals surface area contributed by atoms with Crippen molar-refractivity contribution in [1.29, 1.82) is 0 Å². The monoisotopic (exact) mass is 267 g/mol. The normalized spacial score (nSPS) is 15.8. The third-order valence-corrected chi connectivity index (χ3v) is 3.42. The Morgan fingerprint density at radius 1 is 1.32 bits per heavy atom. The molecule has 19 heavy (non-hydrogen) atoms. The predicted octanol–water partition coefficient (Wildman–Crippen LogP) is 2.38. The number of nitrogens with two attached hydrogens (primary N) is 1. The van der Waals surface area contributed by atoms with Crippen molar-refractivity contribution >= 4 is 0 Å². The maximum Gasteiger partial charge on any atom is 0.161 e. The fourth-order valence-electron chi connectivity index (χ4n) is 2.15. The Labute approximate surface area is 115 Å². The van der Waals surface area contributed by atoms with Crippen LogP contribution in [0.15, 0.2) is 18.2 Å². The molecule has 1 aromatic rings. The number of aliphatic hydroxyl groups is 1. The molecular weight excluding hydrogens is 242 g/mol. The molecule has 0 spiro atoms. The summed E-state index contributed by atoms with van der Waals surface area (Å²) in [6.07, 6.45) is 0.701. The number of aromatic hydroxyl groups is 1. The minimum atomic E-state index is -0.560. The van der Waals surface area contributed by atoms with Crippen LogP contribution in [0.5, 0.6) is 11.5 Å². The van der Waals surface area contributed by atoms with E-state index in [1.54, 1.807) is 6.07 Å². The lowest BCUT2D eigenvalue weighted by molar-refractivity contribution is 0.126. The van der Waals surface area contributed by atoms with E-state index in [0.717, 1.165) is 12.0 Å². The summed E-state index contributed by atoms with van der Waals surface area (Å²) < 4.78 is 5.36. The highest BCUT2D eigenvalue weighted by atomic mass is 16.5. The first-order valence-corrected chi connectivity index (χ1v) is 6.89. The molecule has 1 rings (SSSR count). The molecule has 0 radical (unpaired) electrons. The van der Waals surface area contributed by atoms with Gasteiger partial charge in [0.2, 0.25) is 0 Å². The molecule has 4 N–H and O–H groups in total. The van der Waals surface area contributed by atoms with E-state index in [9.17, 15) is 10.2 Å². The van der Waals surface area contributed by atoms with Crippen LogP contribution in [0.4, 0.5) is 0 Å². The van der Waals surface area contributed by atoms with Crippen molar-refractivity contribution in [3.63, 3.8) is 0 Å². The quantitative estimate of drug-likeness (QED) is 0.709. The Hall–Kier alpha value is -1.26. The SMILES string of the molecule is CCOc1cccc(C(C)CC(O)C(N)CC)c1O. The van der Waals surface area contributed by atoms with E-state index in [1.165, 1.54) is 0 Å². The number of para-hydroxylation sites is 1. The van der Waals surface area contributed by atoms with Crippen LogP contribution in [0.1, 0.15) is 45.1 Å². The van der Waals surface area contributed by atoms with Gasteiger partial charge in [0, 0.05) is 11.6 Å². The van der Waals surface area contributed by atoms with Gasteiger partial charge in [0.25, 0.3) is 0 Å². The largest absolute Gasteiger partial charge is 0.504 e. The van der Waals surface area contributed by atoms with Gasteiger partial charge in [-0.25, -0.2) is 0 Å². The van der Waals surface area contributed by atoms with Gasteiger partial charge < -0.3 is 20.7 Å². The van der Waals surface area contributed by atoms with E-state index in [1.807, 2.05) is 32.9 Å². The topological polar surface area (TPSA) is 75.7 Å². The molecule has 0 aliphatic heterocycles. The fourth-order valence-corrected chi connectivity index (χ4v) is 2.15. The first-order valence-electron chi connectivity index (χ1n) is 6.89. The molecule has 0 amide bonds. The molecule has 3 atom stereocenters. The maximum atomic E-state index is 10.2. The molecule has 4 heteroatoms. The first-order chi connectivity index (χ1) is 9.01. The number of phenols is 1. The highest BCUT2D eigenvalue weighted by molar-refractivity contribution is 5.46. The summed E-state index contributed by atoms with van der Waals surface area (Å²) in [5.41, 5.74) is 6.61. The van der Waals surface area contributed by atoms with Crippen LogP contribution in [0, 0.1) is 0 Å². The molecule has 0 saturated carbocycles. The third-order valence-electron chi connectivity index (χ3n) is 3.42. The summed E-state index contributed by atoms with van der Waals surface area (Å²) in [6.45, 7) is 6.30. The average molecular weight is 267 g/mol. The lowest BCUT2D eigenvalue weighted by Gasteiger charge is -2.22. The van der Waals surface area contributed by atoms with Gasteiger partial charge in [-0.15, -0.1) is 0 Å². The number of hydrogen-bond acceptors (Lipinski definition) is 4. The Morgan fingerprint density at radius 2 is 2.00 bits per heavy atom. The van der Waals surface area contributed by atoms with E-state index in [-0.39, 0.29) is 17.7 Å². The number of phenolic OH excluding ortho intramolecular Hbond substituents is 1. The second-order valence-corrected chi connectivity index (χ2v) is 4.90. The van der Waals surface area contributed by atoms with Crippen molar-refractivity contribution < 1.29 is 14.9 Å². The number of hydrogen-bond donors (Lipinski definition) is 3. The first kappa shape index (κ1) is 15.8. The van der Waals surface area contributed by atoms with E-state index in [2.05, 4.69) is 0 Å². The minimum Gasteiger partial charge on any atom is -0.504 e. The average Bonchev–Trinajstić information content (AvgIpc) is 2.40. The van der Waals surface area contributed by atoms with Crippen molar-refractivity contribution in [2.24, 2.45) is 5.73 Å². The van der Waals surface area contributed by atoms with Gasteiger partial charge in [-0.1, -0.05) is 26.0 Å². The molecule has 4 nitrogen and oxygen atoms in total. The molecular formula is C15H25NO3. The lowest BCUT2D eigenvalue weighted by Crippen LogP contribution is -2.34. The summed E-state index contributed by atoms with van der Waals surface area (Å²) in [6, 6.07) is 5.22. The lowest BCUT2D eigenvalue weighted by atomic mass is 9.91. The molecule has 3 unspecified atom stereocenters. The van der Waals surface area contributed by atoms with Crippen LogP contribution in [0.2, 0.25) is 0 Å².